The van der Waals surface area contributed by atoms with Crippen LogP contribution in [0.5, 0.6) is 0 Å². The van der Waals surface area contributed by atoms with Gasteiger partial charge in [-0.3, -0.25) is 14.5 Å². The molecule has 2 N–H and O–H groups in total. The molecule has 1 saturated carbocycles. The van der Waals surface area contributed by atoms with Crippen LogP contribution in [0.1, 0.15) is 59.5 Å². The summed E-state index contributed by atoms with van der Waals surface area (Å²) in [5, 5.41) is 0. The number of fused-ring (bicyclic) bond motifs is 1. The van der Waals surface area contributed by atoms with Crippen LogP contribution in [-0.2, 0) is 11.2 Å². The van der Waals surface area contributed by atoms with Gasteiger partial charge in [0.2, 0.25) is 5.91 Å². The first-order valence-electron chi connectivity index (χ1n) is 9.46. The van der Waals surface area contributed by atoms with E-state index in [0.717, 1.165) is 11.3 Å². The van der Waals surface area contributed by atoms with Crippen LogP contribution in [0.2, 0.25) is 0 Å². The van der Waals surface area contributed by atoms with Crippen molar-refractivity contribution in [2.45, 2.75) is 50.5 Å². The second-order valence-corrected chi connectivity index (χ2v) is 7.38. The van der Waals surface area contributed by atoms with Gasteiger partial charge in [0.25, 0.3) is 5.91 Å². The van der Waals surface area contributed by atoms with Gasteiger partial charge in [0.1, 0.15) is 6.04 Å². The number of rotatable bonds is 3. The molecule has 134 valence electrons. The lowest BCUT2D eigenvalue weighted by molar-refractivity contribution is -0.119. The summed E-state index contributed by atoms with van der Waals surface area (Å²) in [5.41, 5.74) is 9.27. The summed E-state index contributed by atoms with van der Waals surface area (Å²) >= 11 is 0. The van der Waals surface area contributed by atoms with Gasteiger partial charge in [-0.1, -0.05) is 49.6 Å². The van der Waals surface area contributed by atoms with Crippen LogP contribution < -0.4 is 10.6 Å². The third kappa shape index (κ3) is 3.00. The van der Waals surface area contributed by atoms with Gasteiger partial charge >= 0.3 is 0 Å². The second-order valence-electron chi connectivity index (χ2n) is 7.38. The maximum atomic E-state index is 13.1. The van der Waals surface area contributed by atoms with Crippen molar-refractivity contribution in [2.24, 2.45) is 5.73 Å². The lowest BCUT2D eigenvalue weighted by Gasteiger charge is -2.24. The minimum atomic E-state index is -0.613. The molecule has 4 heteroatoms. The van der Waals surface area contributed by atoms with Gasteiger partial charge in [0.05, 0.1) is 0 Å². The van der Waals surface area contributed by atoms with Crippen LogP contribution in [0.25, 0.3) is 0 Å². The van der Waals surface area contributed by atoms with Crippen molar-refractivity contribution in [2.75, 3.05) is 4.90 Å². The molecule has 26 heavy (non-hydrogen) atoms. The zero-order valence-corrected chi connectivity index (χ0v) is 14.9. The monoisotopic (exact) mass is 348 g/mol. The van der Waals surface area contributed by atoms with E-state index in [1.807, 2.05) is 36.4 Å². The third-order valence-corrected chi connectivity index (χ3v) is 5.76. The Hall–Kier alpha value is -2.62. The average Bonchev–Trinajstić information content (AvgIpc) is 3.08. The molecule has 0 spiro atoms. The number of para-hydroxylation sites is 1. The maximum Gasteiger partial charge on any atom is 0.259 e. The highest BCUT2D eigenvalue weighted by Crippen LogP contribution is 2.35. The molecule has 2 aromatic carbocycles. The van der Waals surface area contributed by atoms with E-state index in [2.05, 4.69) is 12.1 Å². The van der Waals surface area contributed by atoms with E-state index in [1.165, 1.54) is 37.7 Å². The molecule has 4 rings (SSSR count). The Kier molecular flexibility index (Phi) is 4.49. The number of nitrogens with zero attached hydrogens (tertiary/aromatic N) is 1. The fourth-order valence-electron chi connectivity index (χ4n) is 4.34. The first kappa shape index (κ1) is 16.8. The van der Waals surface area contributed by atoms with Crippen LogP contribution in [0.4, 0.5) is 5.69 Å². The van der Waals surface area contributed by atoms with Gasteiger partial charge in [-0.2, -0.15) is 0 Å². The van der Waals surface area contributed by atoms with E-state index in [9.17, 15) is 9.59 Å². The quantitative estimate of drug-likeness (QED) is 0.917. The Bertz CT molecular complexity index is 822. The molecule has 2 aliphatic rings. The Balaban J connectivity index is 1.60. The van der Waals surface area contributed by atoms with Gasteiger partial charge in [-0.15, -0.1) is 0 Å². The molecule has 1 heterocycles. The zero-order chi connectivity index (χ0) is 18.1. The number of hydrogen-bond donors (Lipinski definition) is 1. The van der Waals surface area contributed by atoms with Crippen LogP contribution in [0.3, 0.4) is 0 Å². The molecule has 1 atom stereocenters. The van der Waals surface area contributed by atoms with Gasteiger partial charge in [-0.25, -0.2) is 0 Å². The minimum absolute atomic E-state index is 0.158. The summed E-state index contributed by atoms with van der Waals surface area (Å²) in [4.78, 5) is 26.6. The van der Waals surface area contributed by atoms with Crippen LogP contribution in [0.15, 0.2) is 48.5 Å². The van der Waals surface area contributed by atoms with Crippen molar-refractivity contribution in [1.82, 2.24) is 0 Å². The third-order valence-electron chi connectivity index (χ3n) is 5.76. The van der Waals surface area contributed by atoms with E-state index >= 15 is 0 Å². The number of primary amides is 1. The number of benzene rings is 2. The summed E-state index contributed by atoms with van der Waals surface area (Å²) in [6.45, 7) is 0. The maximum absolute atomic E-state index is 13.1. The topological polar surface area (TPSA) is 63.4 Å². The van der Waals surface area contributed by atoms with Crippen molar-refractivity contribution in [3.63, 3.8) is 0 Å². The second kappa shape index (κ2) is 6.94. The Morgan fingerprint density at radius 2 is 1.62 bits per heavy atom. The first-order valence-corrected chi connectivity index (χ1v) is 9.46. The predicted molar refractivity (Wildman–Crippen MR) is 102 cm³/mol. The smallest absolute Gasteiger partial charge is 0.259 e. The molecule has 2 aromatic rings. The predicted octanol–water partition coefficient (Wildman–Crippen LogP) is 3.79. The molecule has 1 fully saturated rings. The molecule has 0 aromatic heterocycles. The van der Waals surface area contributed by atoms with Crippen LogP contribution in [-0.4, -0.2) is 17.9 Å². The minimum Gasteiger partial charge on any atom is -0.368 e. The van der Waals surface area contributed by atoms with E-state index in [0.29, 0.717) is 17.9 Å². The first-order chi connectivity index (χ1) is 12.6. The molecule has 2 amide bonds. The Labute approximate surface area is 154 Å². The number of nitrogens with two attached hydrogens (primary N) is 1. The highest BCUT2D eigenvalue weighted by atomic mass is 16.2. The summed E-state index contributed by atoms with van der Waals surface area (Å²) < 4.78 is 0. The molecule has 4 nitrogen and oxygen atoms in total. The largest absolute Gasteiger partial charge is 0.368 e. The SMILES string of the molecule is NC(=O)[C@@H]1Cc2ccccc2N1C(=O)c1ccc(C2CCCCC2)cc1. The molecular weight excluding hydrogens is 324 g/mol. The lowest BCUT2D eigenvalue weighted by Crippen LogP contribution is -2.46. The fourth-order valence-corrected chi connectivity index (χ4v) is 4.34. The summed E-state index contributed by atoms with van der Waals surface area (Å²) in [6, 6.07) is 15.0. The van der Waals surface area contributed by atoms with Crippen molar-refractivity contribution in [1.29, 1.82) is 0 Å². The fraction of sp³-hybridized carbons (Fsp3) is 0.364. The summed E-state index contributed by atoms with van der Waals surface area (Å²) in [7, 11) is 0. The highest BCUT2D eigenvalue weighted by molar-refractivity contribution is 6.11. The van der Waals surface area contributed by atoms with Crippen LogP contribution >= 0.6 is 0 Å². The van der Waals surface area contributed by atoms with E-state index in [1.54, 1.807) is 4.90 Å². The zero-order valence-electron chi connectivity index (χ0n) is 14.9. The molecule has 1 aliphatic heterocycles. The summed E-state index contributed by atoms with van der Waals surface area (Å²) in [5.74, 6) is -0.0129. The molecular formula is C22H24N2O2. The molecule has 0 saturated heterocycles. The number of carbonyl (C=O) groups is 2. The molecule has 0 radical (unpaired) electrons. The average molecular weight is 348 g/mol. The Morgan fingerprint density at radius 3 is 2.31 bits per heavy atom. The Morgan fingerprint density at radius 1 is 0.923 bits per heavy atom. The number of anilines is 1. The van der Waals surface area contributed by atoms with Gasteiger partial charge in [0, 0.05) is 17.7 Å². The van der Waals surface area contributed by atoms with Crippen molar-refractivity contribution >= 4 is 17.5 Å². The van der Waals surface area contributed by atoms with E-state index < -0.39 is 11.9 Å². The van der Waals surface area contributed by atoms with E-state index in [-0.39, 0.29) is 5.91 Å². The van der Waals surface area contributed by atoms with Crippen molar-refractivity contribution in [3.8, 4) is 0 Å². The number of hydrogen-bond acceptors (Lipinski definition) is 2. The summed E-state index contributed by atoms with van der Waals surface area (Å²) in [6.07, 6.45) is 6.85. The van der Waals surface area contributed by atoms with Crippen molar-refractivity contribution < 1.29 is 9.59 Å². The van der Waals surface area contributed by atoms with Gasteiger partial charge < -0.3 is 5.73 Å². The number of amides is 2. The lowest BCUT2D eigenvalue weighted by atomic mass is 9.84. The standard InChI is InChI=1S/C22H24N2O2/c23-21(25)20-14-18-8-4-5-9-19(18)24(20)22(26)17-12-10-16(11-13-17)15-6-2-1-3-7-15/h4-5,8-13,15,20H,1-3,6-7,14H2,(H2,23,25)/t20-/m0/s1. The van der Waals surface area contributed by atoms with Crippen LogP contribution in [0, 0.1) is 0 Å². The molecule has 0 bridgehead atoms. The normalized spacial score (nSPS) is 20.0. The van der Waals surface area contributed by atoms with Gasteiger partial charge in [0.15, 0.2) is 0 Å². The van der Waals surface area contributed by atoms with Crippen molar-refractivity contribution in [3.05, 3.63) is 65.2 Å². The van der Waals surface area contributed by atoms with Gasteiger partial charge in [-0.05, 0) is 48.1 Å². The number of carbonyl (C=O) groups excluding carboxylic acids is 2. The molecule has 0 unspecified atom stereocenters. The van der Waals surface area contributed by atoms with E-state index in [4.69, 9.17) is 5.73 Å². The molecule has 1 aliphatic carbocycles. The highest BCUT2D eigenvalue weighted by Gasteiger charge is 2.37.